The second kappa shape index (κ2) is 30.1. The third-order valence-corrected chi connectivity index (χ3v) is 26.2. The van der Waals surface area contributed by atoms with Gasteiger partial charge in [0.2, 0.25) is 0 Å². The fourth-order valence-electron chi connectivity index (χ4n) is 20.5. The molecule has 3 heteroatoms. The van der Waals surface area contributed by atoms with E-state index in [0.717, 1.165) is 65.8 Å². The van der Waals surface area contributed by atoms with Crippen molar-refractivity contribution < 1.29 is 13.3 Å². The van der Waals surface area contributed by atoms with Gasteiger partial charge in [0.1, 0.15) is 33.5 Å². The van der Waals surface area contributed by atoms with Crippen LogP contribution in [0.5, 0.6) is 0 Å². The topological polar surface area (TPSA) is 39.4 Å². The van der Waals surface area contributed by atoms with Gasteiger partial charge < -0.3 is 13.3 Å². The summed E-state index contributed by atoms with van der Waals surface area (Å²) < 4.78 is 19.0. The molecule has 0 radical (unpaired) electrons. The Morgan fingerprint density at radius 1 is 0.102 bits per heavy atom. The molecule has 3 heterocycles. The fourth-order valence-corrected chi connectivity index (χ4v) is 20.5. The largest absolute Gasteiger partial charge is 0.456 e. The zero-order valence-corrected chi connectivity index (χ0v) is 69.1. The van der Waals surface area contributed by atoms with Crippen molar-refractivity contribution in [2.24, 2.45) is 0 Å². The van der Waals surface area contributed by atoms with E-state index in [1.165, 1.54) is 197 Å². The minimum Gasteiger partial charge on any atom is -0.456 e. The summed E-state index contributed by atoms with van der Waals surface area (Å²) in [5, 5.41) is 31.7. The summed E-state index contributed by atoms with van der Waals surface area (Å²) in [4.78, 5) is 0. The van der Waals surface area contributed by atoms with E-state index >= 15 is 0 Å². The maximum absolute atomic E-state index is 6.38. The molecule has 0 aliphatic rings. The van der Waals surface area contributed by atoms with E-state index in [0.29, 0.717) is 0 Å². The van der Waals surface area contributed by atoms with Crippen molar-refractivity contribution in [2.75, 3.05) is 0 Å². The predicted molar refractivity (Wildman–Crippen MR) is 540 cm³/mol. The first-order valence-electron chi connectivity index (χ1n) is 43.6. The Morgan fingerprint density at radius 2 is 0.323 bits per heavy atom. The molecule has 127 heavy (non-hydrogen) atoms. The number of rotatable bonds is 8. The second-order valence-electron chi connectivity index (χ2n) is 33.5. The smallest absolute Gasteiger partial charge is 0.136 e. The van der Waals surface area contributed by atoms with Crippen LogP contribution in [0.1, 0.15) is 0 Å². The van der Waals surface area contributed by atoms with E-state index in [1.54, 1.807) is 0 Å². The maximum atomic E-state index is 6.38. The van der Waals surface area contributed by atoms with E-state index in [-0.39, 0.29) is 0 Å². The Hall–Kier alpha value is -16.7. The summed E-state index contributed by atoms with van der Waals surface area (Å²) in [6.07, 6.45) is 0. The SMILES string of the molecule is c1cc(-c2cccc3ccccc23)cc(-c2c3ccccc3c(-c3ccc4oc5cc6ccccc6cc5c4c3)c3ccccc23)c1.c1ccc(-c2c3ccccc3c(-c3ccc4oc5cc6ccccc6cc5c4c3)c3ccccc23)cc1.c1ccc(-c2cccc(-c3c4ccccc4c(-c4ccc5oc6cc7ccccc7cc6c5c4)c4ccccc34)c2)cc1. The molecule has 0 aliphatic heterocycles. The Kier molecular flexibility index (Phi) is 17.3. The second-order valence-corrected chi connectivity index (χ2v) is 33.5. The molecule has 3 aromatic heterocycles. The van der Waals surface area contributed by atoms with Gasteiger partial charge >= 0.3 is 0 Å². The maximum Gasteiger partial charge on any atom is 0.136 e. The lowest BCUT2D eigenvalue weighted by Crippen LogP contribution is -1.91. The first kappa shape index (κ1) is 73.0. The van der Waals surface area contributed by atoms with Gasteiger partial charge in [0.05, 0.1) is 0 Å². The monoisotopic (exact) mass is 1610 g/mol. The van der Waals surface area contributed by atoms with Gasteiger partial charge in [-0.3, -0.25) is 0 Å². The Bertz CT molecular complexity index is 8980. The molecule has 24 aromatic carbocycles. The van der Waals surface area contributed by atoms with Gasteiger partial charge in [-0.05, 0) is 282 Å². The van der Waals surface area contributed by atoms with Crippen LogP contribution in [0.25, 0.3) is 263 Å². The number of fused-ring (bicyclic) bond motifs is 19. The molecule has 0 N–H and O–H groups in total. The van der Waals surface area contributed by atoms with Crippen LogP contribution in [0.3, 0.4) is 0 Å². The molecular formula is C124H76O3. The summed E-state index contributed by atoms with van der Waals surface area (Å²) in [5.41, 5.74) is 25.3. The van der Waals surface area contributed by atoms with Crippen molar-refractivity contribution in [3.8, 4) is 89.0 Å². The summed E-state index contributed by atoms with van der Waals surface area (Å²) in [7, 11) is 0. The van der Waals surface area contributed by atoms with Gasteiger partial charge in [0.25, 0.3) is 0 Å². The van der Waals surface area contributed by atoms with Crippen LogP contribution in [0.15, 0.2) is 474 Å². The molecular weight excluding hydrogens is 1540 g/mol. The Morgan fingerprint density at radius 3 is 0.661 bits per heavy atom. The highest BCUT2D eigenvalue weighted by Gasteiger charge is 2.24. The third-order valence-electron chi connectivity index (χ3n) is 26.2. The van der Waals surface area contributed by atoms with Gasteiger partial charge in [0.15, 0.2) is 0 Å². The summed E-state index contributed by atoms with van der Waals surface area (Å²) in [6, 6.07) is 166. The molecule has 27 aromatic rings. The minimum atomic E-state index is 0.912. The predicted octanol–water partition coefficient (Wildman–Crippen LogP) is 35.6. The van der Waals surface area contributed by atoms with E-state index in [1.807, 2.05) is 0 Å². The molecule has 0 atom stereocenters. The minimum absolute atomic E-state index is 0.912. The molecule has 27 rings (SSSR count). The van der Waals surface area contributed by atoms with Gasteiger partial charge in [-0.15, -0.1) is 0 Å². The fraction of sp³-hybridized carbons (Fsp3) is 0. The van der Waals surface area contributed by atoms with Gasteiger partial charge in [-0.2, -0.15) is 0 Å². The lowest BCUT2D eigenvalue weighted by atomic mass is 9.85. The van der Waals surface area contributed by atoms with Crippen molar-refractivity contribution in [2.45, 2.75) is 0 Å². The molecule has 0 saturated heterocycles. The van der Waals surface area contributed by atoms with E-state index in [2.05, 4.69) is 461 Å². The van der Waals surface area contributed by atoms with E-state index < -0.39 is 0 Å². The van der Waals surface area contributed by atoms with Crippen molar-refractivity contribution in [1.29, 1.82) is 0 Å². The highest BCUT2D eigenvalue weighted by Crippen LogP contribution is 2.51. The lowest BCUT2D eigenvalue weighted by Gasteiger charge is -2.18. The van der Waals surface area contributed by atoms with Gasteiger partial charge in [-0.1, -0.05) is 376 Å². The van der Waals surface area contributed by atoms with Gasteiger partial charge in [-0.25, -0.2) is 0 Å². The number of hydrogen-bond acceptors (Lipinski definition) is 3. The van der Waals surface area contributed by atoms with Crippen molar-refractivity contribution in [1.82, 2.24) is 0 Å². The van der Waals surface area contributed by atoms with Crippen LogP contribution in [0, 0.1) is 0 Å². The molecule has 0 spiro atoms. The molecule has 590 valence electrons. The van der Waals surface area contributed by atoms with Crippen LogP contribution in [-0.4, -0.2) is 0 Å². The highest BCUT2D eigenvalue weighted by atomic mass is 16.3. The zero-order valence-electron chi connectivity index (χ0n) is 69.1. The van der Waals surface area contributed by atoms with Gasteiger partial charge in [0, 0.05) is 32.3 Å². The highest BCUT2D eigenvalue weighted by molar-refractivity contribution is 6.27. The molecule has 0 saturated carbocycles. The first-order chi connectivity index (χ1) is 63.0. The van der Waals surface area contributed by atoms with E-state index in [4.69, 9.17) is 13.3 Å². The number of furan rings is 3. The third kappa shape index (κ3) is 12.4. The molecule has 3 nitrogen and oxygen atoms in total. The number of hydrogen-bond donors (Lipinski definition) is 0. The van der Waals surface area contributed by atoms with Crippen LogP contribution in [0.2, 0.25) is 0 Å². The van der Waals surface area contributed by atoms with Crippen molar-refractivity contribution in [3.63, 3.8) is 0 Å². The molecule has 0 amide bonds. The Balaban J connectivity index is 0.000000104. The lowest BCUT2D eigenvalue weighted by molar-refractivity contribution is 0.669. The number of benzene rings is 24. The zero-order chi connectivity index (χ0) is 83.6. The van der Waals surface area contributed by atoms with Crippen molar-refractivity contribution >= 4 is 174 Å². The standard InChI is InChI=1S/C46H28O.C42H26O.C36H22O/c1-2-13-31-28-44-42(26-30(31)12-1)41-27-34(23-24-43(41)47-44)46-39-20-7-5-18-37(39)45(38-19-6-8-21-40(38)46)33-16-9-15-32(25-33)36-22-10-14-29-11-3-4-17-35(29)36;1-2-11-27(12-3-1)28-15-10-16-31(23-28)41-33-17-6-8-19-35(33)42(36-20-9-7-18-34(36)41)32-21-22-39-37(25-32)38-24-29-13-4-5-14-30(29)26-40(38)43-39;1-2-10-23(11-3-1)35-27-14-6-8-16-29(27)36(30-17-9-7-15-28(30)35)26-18-19-33-31(21-26)32-20-24-12-4-5-13-25(24)22-34(32)37-33/h1-28H;1-26H;1-22H. The summed E-state index contributed by atoms with van der Waals surface area (Å²) >= 11 is 0. The quantitative estimate of drug-likeness (QED) is 0.142. The van der Waals surface area contributed by atoms with Crippen molar-refractivity contribution in [3.05, 3.63) is 461 Å². The Labute approximate surface area is 731 Å². The normalized spacial score (nSPS) is 11.8. The van der Waals surface area contributed by atoms with E-state index in [9.17, 15) is 0 Å². The average Bonchev–Trinajstić information content (AvgIpc) is 1.72. The van der Waals surface area contributed by atoms with Crippen LogP contribution >= 0.6 is 0 Å². The molecule has 0 fully saturated rings. The average molecular weight is 1610 g/mol. The van der Waals surface area contributed by atoms with Crippen LogP contribution < -0.4 is 0 Å². The molecule has 0 unspecified atom stereocenters. The van der Waals surface area contributed by atoms with Crippen LogP contribution in [-0.2, 0) is 0 Å². The summed E-state index contributed by atoms with van der Waals surface area (Å²) in [6.45, 7) is 0. The molecule has 0 bridgehead atoms. The van der Waals surface area contributed by atoms with Crippen LogP contribution in [0.4, 0.5) is 0 Å². The first-order valence-corrected chi connectivity index (χ1v) is 43.6. The molecule has 0 aliphatic carbocycles. The summed E-state index contributed by atoms with van der Waals surface area (Å²) in [5.74, 6) is 0.